The highest BCUT2D eigenvalue weighted by Crippen LogP contribution is 2.68. The molecule has 0 aromatic heterocycles. The van der Waals surface area contributed by atoms with E-state index < -0.39 is 5.60 Å². The number of aliphatic hydroxyl groups is 1. The van der Waals surface area contributed by atoms with Crippen molar-refractivity contribution in [3.05, 3.63) is 0 Å². The van der Waals surface area contributed by atoms with Gasteiger partial charge in [-0.25, -0.2) is 0 Å². The van der Waals surface area contributed by atoms with Gasteiger partial charge in [0.1, 0.15) is 5.60 Å². The van der Waals surface area contributed by atoms with Crippen molar-refractivity contribution >= 4 is 5.78 Å². The van der Waals surface area contributed by atoms with Crippen LogP contribution in [-0.4, -0.2) is 16.5 Å². The average Bonchev–Trinajstić information content (AvgIpc) is 3.01. The quantitative estimate of drug-likeness (QED) is 0.549. The third-order valence-corrected chi connectivity index (χ3v) is 10.8. The molecule has 166 valence electrons. The minimum absolute atomic E-state index is 0.173. The Labute approximate surface area is 179 Å². The standard InChI is InChI=1S/C27H46O2/c1-18(2)9-8-10-19(3)21-11-12-22-20-17-24(28)27(29)15-7-6-14-26(27,5)23(20)13-16-25(21,22)4/h18-23,29H,6-17H2,1-5H3/t19-,20+,21+,22-,23+,25-,26-,27+/m1/s1. The van der Waals surface area contributed by atoms with Gasteiger partial charge in [0.25, 0.3) is 0 Å². The molecule has 4 aliphatic rings. The van der Waals surface area contributed by atoms with Gasteiger partial charge in [-0.15, -0.1) is 0 Å². The minimum atomic E-state index is -1.03. The predicted octanol–water partition coefficient (Wildman–Crippen LogP) is 6.79. The minimum Gasteiger partial charge on any atom is -0.381 e. The van der Waals surface area contributed by atoms with E-state index in [1.54, 1.807) is 0 Å². The van der Waals surface area contributed by atoms with E-state index >= 15 is 0 Å². The molecule has 8 atom stereocenters. The monoisotopic (exact) mass is 402 g/mol. The van der Waals surface area contributed by atoms with Crippen molar-refractivity contribution in [1.29, 1.82) is 0 Å². The molecule has 1 N–H and O–H groups in total. The number of hydrogen-bond donors (Lipinski definition) is 1. The van der Waals surface area contributed by atoms with Crippen molar-refractivity contribution in [2.45, 2.75) is 117 Å². The second-order valence-corrected chi connectivity index (χ2v) is 12.5. The van der Waals surface area contributed by atoms with Gasteiger partial charge in [-0.3, -0.25) is 4.79 Å². The Morgan fingerprint density at radius 1 is 0.966 bits per heavy atom. The maximum Gasteiger partial charge on any atom is 0.165 e. The van der Waals surface area contributed by atoms with Crippen molar-refractivity contribution in [3.8, 4) is 0 Å². The van der Waals surface area contributed by atoms with E-state index in [9.17, 15) is 9.90 Å². The maximum absolute atomic E-state index is 13.3. The Bertz CT molecular complexity index is 626. The summed E-state index contributed by atoms with van der Waals surface area (Å²) >= 11 is 0. The molecular formula is C27H46O2. The number of rotatable bonds is 5. The van der Waals surface area contributed by atoms with Gasteiger partial charge in [0, 0.05) is 11.8 Å². The number of Topliss-reactive ketones (excluding diaryl/α,β-unsaturated/α-hetero) is 1. The zero-order chi connectivity index (χ0) is 21.0. The summed E-state index contributed by atoms with van der Waals surface area (Å²) in [5.41, 5.74) is -0.783. The topological polar surface area (TPSA) is 37.3 Å². The average molecular weight is 403 g/mol. The first kappa shape index (κ1) is 21.8. The Morgan fingerprint density at radius 2 is 1.69 bits per heavy atom. The van der Waals surface area contributed by atoms with Crippen LogP contribution in [0.2, 0.25) is 0 Å². The van der Waals surface area contributed by atoms with Crippen molar-refractivity contribution in [3.63, 3.8) is 0 Å². The Kier molecular flexibility index (Phi) is 5.76. The fourth-order valence-electron chi connectivity index (χ4n) is 9.09. The third kappa shape index (κ3) is 3.26. The van der Waals surface area contributed by atoms with Crippen LogP contribution < -0.4 is 0 Å². The van der Waals surface area contributed by atoms with Gasteiger partial charge in [-0.2, -0.15) is 0 Å². The van der Waals surface area contributed by atoms with Crippen LogP contribution in [0, 0.1) is 46.3 Å². The van der Waals surface area contributed by atoms with Crippen molar-refractivity contribution in [2.75, 3.05) is 0 Å². The lowest BCUT2D eigenvalue weighted by Gasteiger charge is -2.62. The molecule has 0 saturated heterocycles. The molecule has 0 unspecified atom stereocenters. The van der Waals surface area contributed by atoms with Gasteiger partial charge in [-0.1, -0.05) is 66.7 Å². The molecule has 0 spiro atoms. The molecule has 0 amide bonds. The first-order valence-electron chi connectivity index (χ1n) is 12.9. The number of carbonyl (C=O) groups excluding carboxylic acids is 1. The van der Waals surface area contributed by atoms with Crippen molar-refractivity contribution in [1.82, 2.24) is 0 Å². The first-order chi connectivity index (χ1) is 13.6. The summed E-state index contributed by atoms with van der Waals surface area (Å²) in [6, 6.07) is 0. The zero-order valence-corrected chi connectivity index (χ0v) is 19.8. The lowest BCUT2D eigenvalue weighted by atomic mass is 9.43. The number of ketones is 1. The summed E-state index contributed by atoms with van der Waals surface area (Å²) in [4.78, 5) is 13.3. The molecule has 0 radical (unpaired) electrons. The smallest absolute Gasteiger partial charge is 0.165 e. The summed E-state index contributed by atoms with van der Waals surface area (Å²) in [5, 5.41) is 11.5. The van der Waals surface area contributed by atoms with E-state index in [0.717, 1.165) is 30.6 Å². The molecule has 4 saturated carbocycles. The molecule has 0 bridgehead atoms. The normalized spacial score (nSPS) is 48.2. The molecule has 2 nitrogen and oxygen atoms in total. The van der Waals surface area contributed by atoms with Crippen LogP contribution in [0.5, 0.6) is 0 Å². The van der Waals surface area contributed by atoms with Crippen LogP contribution in [0.15, 0.2) is 0 Å². The van der Waals surface area contributed by atoms with Gasteiger partial charge in [0.05, 0.1) is 0 Å². The molecule has 0 heterocycles. The van der Waals surface area contributed by atoms with E-state index in [0.29, 0.717) is 36.0 Å². The molecule has 4 rings (SSSR count). The van der Waals surface area contributed by atoms with E-state index in [4.69, 9.17) is 0 Å². The van der Waals surface area contributed by atoms with Crippen LogP contribution in [0.3, 0.4) is 0 Å². The van der Waals surface area contributed by atoms with E-state index in [-0.39, 0.29) is 11.2 Å². The van der Waals surface area contributed by atoms with E-state index in [1.165, 1.54) is 51.4 Å². The van der Waals surface area contributed by atoms with Crippen molar-refractivity contribution in [2.24, 2.45) is 46.3 Å². The number of hydrogen-bond acceptors (Lipinski definition) is 2. The van der Waals surface area contributed by atoms with Crippen LogP contribution in [0.25, 0.3) is 0 Å². The molecule has 0 aromatic rings. The summed E-state index contributed by atoms with van der Waals surface area (Å²) < 4.78 is 0. The summed E-state index contributed by atoms with van der Waals surface area (Å²) in [5.74, 6) is 4.42. The highest BCUT2D eigenvalue weighted by molar-refractivity contribution is 5.89. The Morgan fingerprint density at radius 3 is 2.41 bits per heavy atom. The number of carbonyl (C=O) groups is 1. The van der Waals surface area contributed by atoms with Gasteiger partial charge in [0.2, 0.25) is 0 Å². The SMILES string of the molecule is CC(C)CCC[C@@H](C)[C@@H]1CC[C@@H]2[C@@H]3CC(=O)[C@@]4(O)CCCC[C@]4(C)[C@H]3CC[C@@]21C. The van der Waals surface area contributed by atoms with E-state index in [2.05, 4.69) is 34.6 Å². The molecule has 4 fully saturated rings. The Hall–Kier alpha value is -0.370. The first-order valence-corrected chi connectivity index (χ1v) is 12.9. The predicted molar refractivity (Wildman–Crippen MR) is 120 cm³/mol. The summed E-state index contributed by atoms with van der Waals surface area (Å²) in [6.45, 7) is 12.1. The third-order valence-electron chi connectivity index (χ3n) is 10.8. The second kappa shape index (κ2) is 7.64. The van der Waals surface area contributed by atoms with Crippen LogP contribution in [-0.2, 0) is 4.79 Å². The van der Waals surface area contributed by atoms with Gasteiger partial charge in [0.15, 0.2) is 5.78 Å². The van der Waals surface area contributed by atoms with E-state index in [1.807, 2.05) is 0 Å². The highest BCUT2D eigenvalue weighted by Gasteiger charge is 2.66. The lowest BCUT2D eigenvalue weighted by molar-refractivity contribution is -0.203. The van der Waals surface area contributed by atoms with Crippen LogP contribution >= 0.6 is 0 Å². The molecule has 29 heavy (non-hydrogen) atoms. The number of fused-ring (bicyclic) bond motifs is 5. The summed E-state index contributed by atoms with van der Waals surface area (Å²) in [7, 11) is 0. The molecule has 4 aliphatic carbocycles. The van der Waals surface area contributed by atoms with Gasteiger partial charge in [-0.05, 0) is 79.4 Å². The second-order valence-electron chi connectivity index (χ2n) is 12.5. The molecular weight excluding hydrogens is 356 g/mol. The van der Waals surface area contributed by atoms with Gasteiger partial charge >= 0.3 is 0 Å². The highest BCUT2D eigenvalue weighted by atomic mass is 16.3. The fourth-order valence-corrected chi connectivity index (χ4v) is 9.09. The van der Waals surface area contributed by atoms with Crippen molar-refractivity contribution < 1.29 is 9.90 Å². The summed E-state index contributed by atoms with van der Waals surface area (Å²) in [6.07, 6.45) is 14.0. The largest absolute Gasteiger partial charge is 0.381 e. The van der Waals surface area contributed by atoms with Crippen LogP contribution in [0.1, 0.15) is 112 Å². The zero-order valence-electron chi connectivity index (χ0n) is 19.8. The lowest BCUT2D eigenvalue weighted by Crippen LogP contribution is -2.65. The maximum atomic E-state index is 13.3. The molecule has 0 aromatic carbocycles. The van der Waals surface area contributed by atoms with Gasteiger partial charge < -0.3 is 5.11 Å². The Balaban J connectivity index is 1.53. The van der Waals surface area contributed by atoms with Crippen LogP contribution in [0.4, 0.5) is 0 Å². The fraction of sp³-hybridized carbons (Fsp3) is 0.963. The molecule has 2 heteroatoms. The molecule has 0 aliphatic heterocycles.